The molecule has 0 aromatic heterocycles. The first-order chi connectivity index (χ1) is 9.49. The fourth-order valence-corrected chi connectivity index (χ4v) is 4.62. The van der Waals surface area contributed by atoms with Crippen LogP contribution in [0.4, 0.5) is 0 Å². The van der Waals surface area contributed by atoms with Crippen LogP contribution in [0.15, 0.2) is 21.5 Å². The normalized spacial score (nSPS) is 12.9. The Balaban J connectivity index is 3.21. The Hall–Kier alpha value is -0.480. The van der Waals surface area contributed by atoms with Crippen molar-refractivity contribution < 1.29 is 16.8 Å². The lowest BCUT2D eigenvalue weighted by Gasteiger charge is -2.19. The molecule has 0 amide bonds. The van der Waals surface area contributed by atoms with Gasteiger partial charge < -0.3 is 5.73 Å². The SMILES string of the molecule is Cc1cc(CN)cc(S(=O)(=O)N(C)CCS(C)(=O)=O)c1Br. The third-order valence-electron chi connectivity index (χ3n) is 2.98. The lowest BCUT2D eigenvalue weighted by atomic mass is 10.1. The number of rotatable bonds is 6. The van der Waals surface area contributed by atoms with Crippen LogP contribution in [0.3, 0.4) is 0 Å². The highest BCUT2D eigenvalue weighted by Gasteiger charge is 2.25. The number of benzene rings is 1. The summed E-state index contributed by atoms with van der Waals surface area (Å²) in [5, 5.41) is 0. The molecule has 0 aliphatic carbocycles. The van der Waals surface area contributed by atoms with Gasteiger partial charge in [-0.15, -0.1) is 0 Å². The maximum Gasteiger partial charge on any atom is 0.243 e. The summed E-state index contributed by atoms with van der Waals surface area (Å²) in [4.78, 5) is 0.0963. The van der Waals surface area contributed by atoms with Gasteiger partial charge in [0.1, 0.15) is 9.84 Å². The van der Waals surface area contributed by atoms with Crippen molar-refractivity contribution >= 4 is 35.8 Å². The van der Waals surface area contributed by atoms with Gasteiger partial charge in [-0.05, 0) is 40.0 Å². The van der Waals surface area contributed by atoms with Gasteiger partial charge in [0.05, 0.1) is 10.6 Å². The monoisotopic (exact) mass is 398 g/mol. The summed E-state index contributed by atoms with van der Waals surface area (Å²) in [6, 6.07) is 3.31. The molecule has 0 radical (unpaired) electrons. The molecule has 2 N–H and O–H groups in total. The van der Waals surface area contributed by atoms with Crippen LogP contribution in [-0.2, 0) is 26.4 Å². The molecule has 0 atom stereocenters. The van der Waals surface area contributed by atoms with Crippen LogP contribution in [0.2, 0.25) is 0 Å². The Morgan fingerprint density at radius 1 is 1.24 bits per heavy atom. The van der Waals surface area contributed by atoms with Crippen molar-refractivity contribution in [2.45, 2.75) is 18.4 Å². The van der Waals surface area contributed by atoms with Crippen LogP contribution in [0.25, 0.3) is 0 Å². The molecule has 0 bridgehead atoms. The summed E-state index contributed by atoms with van der Waals surface area (Å²) in [6.07, 6.45) is 1.07. The second-order valence-electron chi connectivity index (χ2n) is 4.89. The van der Waals surface area contributed by atoms with Crippen molar-refractivity contribution in [3.8, 4) is 0 Å². The third-order valence-corrected chi connectivity index (χ3v) is 7.10. The molecule has 0 aliphatic heterocycles. The smallest absolute Gasteiger partial charge is 0.243 e. The summed E-state index contributed by atoms with van der Waals surface area (Å²) in [6.45, 7) is 1.90. The maximum atomic E-state index is 12.6. The Labute approximate surface area is 134 Å². The fourth-order valence-electron chi connectivity index (χ4n) is 1.70. The topological polar surface area (TPSA) is 97.5 Å². The Kier molecular flexibility index (Phi) is 5.96. The van der Waals surface area contributed by atoms with E-state index in [1.807, 2.05) is 0 Å². The summed E-state index contributed by atoms with van der Waals surface area (Å²) in [5.41, 5.74) is 7.03. The lowest BCUT2D eigenvalue weighted by Crippen LogP contribution is -2.32. The highest BCUT2D eigenvalue weighted by atomic mass is 79.9. The van der Waals surface area contributed by atoms with Crippen LogP contribution in [0.1, 0.15) is 11.1 Å². The molecule has 120 valence electrons. The van der Waals surface area contributed by atoms with E-state index in [4.69, 9.17) is 5.73 Å². The Bertz CT molecular complexity index is 730. The van der Waals surface area contributed by atoms with Crippen LogP contribution >= 0.6 is 15.9 Å². The number of sulfone groups is 1. The molecule has 0 heterocycles. The molecule has 0 fully saturated rings. The average Bonchev–Trinajstić information content (AvgIpc) is 2.37. The minimum absolute atomic E-state index is 0.0963. The van der Waals surface area contributed by atoms with Gasteiger partial charge in [0.2, 0.25) is 10.0 Å². The first-order valence-electron chi connectivity index (χ1n) is 6.12. The first kappa shape index (κ1) is 18.6. The van der Waals surface area contributed by atoms with E-state index in [2.05, 4.69) is 15.9 Å². The molecule has 9 heteroatoms. The largest absolute Gasteiger partial charge is 0.326 e. The van der Waals surface area contributed by atoms with Crippen LogP contribution in [0.5, 0.6) is 0 Å². The van der Waals surface area contributed by atoms with E-state index >= 15 is 0 Å². The Morgan fingerprint density at radius 3 is 2.29 bits per heavy atom. The first-order valence-corrected chi connectivity index (χ1v) is 10.4. The van der Waals surface area contributed by atoms with Gasteiger partial charge in [-0.2, -0.15) is 4.31 Å². The van der Waals surface area contributed by atoms with E-state index in [1.165, 1.54) is 13.1 Å². The van der Waals surface area contributed by atoms with Gasteiger partial charge in [-0.1, -0.05) is 6.07 Å². The molecule has 6 nitrogen and oxygen atoms in total. The number of nitrogens with two attached hydrogens (primary N) is 1. The molecule has 0 saturated carbocycles. The molecular formula is C12H19BrN2O4S2. The van der Waals surface area contributed by atoms with E-state index < -0.39 is 19.9 Å². The molecule has 1 aromatic carbocycles. The molecule has 21 heavy (non-hydrogen) atoms. The number of hydrogen-bond donors (Lipinski definition) is 1. The molecule has 0 spiro atoms. The molecule has 1 rings (SSSR count). The molecular weight excluding hydrogens is 380 g/mol. The van der Waals surface area contributed by atoms with E-state index in [1.54, 1.807) is 13.0 Å². The zero-order chi connectivity index (χ0) is 16.4. The van der Waals surface area contributed by atoms with Crippen molar-refractivity contribution in [1.82, 2.24) is 4.31 Å². The van der Waals surface area contributed by atoms with Gasteiger partial charge in [0.15, 0.2) is 0 Å². The molecule has 0 aliphatic rings. The average molecular weight is 399 g/mol. The number of nitrogens with zero attached hydrogens (tertiary/aromatic N) is 1. The Morgan fingerprint density at radius 2 is 1.81 bits per heavy atom. The zero-order valence-corrected chi connectivity index (χ0v) is 15.3. The van der Waals surface area contributed by atoms with Crippen LogP contribution < -0.4 is 5.73 Å². The molecule has 1 aromatic rings. The van der Waals surface area contributed by atoms with Crippen molar-refractivity contribution in [3.05, 3.63) is 27.7 Å². The van der Waals surface area contributed by atoms with Gasteiger partial charge in [0.25, 0.3) is 0 Å². The molecule has 0 unspecified atom stereocenters. The zero-order valence-electron chi connectivity index (χ0n) is 12.1. The second-order valence-corrected chi connectivity index (χ2v) is 9.95. The predicted octanol–water partition coefficient (Wildman–Crippen LogP) is 0.881. The van der Waals surface area contributed by atoms with E-state index in [9.17, 15) is 16.8 Å². The van der Waals surface area contributed by atoms with Crippen molar-refractivity contribution in [2.24, 2.45) is 5.73 Å². The second kappa shape index (κ2) is 6.74. The minimum Gasteiger partial charge on any atom is -0.326 e. The number of sulfonamides is 1. The highest BCUT2D eigenvalue weighted by molar-refractivity contribution is 9.10. The standard InChI is InChI=1S/C12H19BrN2O4S2/c1-9-6-10(8-14)7-11(12(9)13)21(18,19)15(2)4-5-20(3,16)17/h6-7H,4-5,8,14H2,1-3H3. The number of aryl methyl sites for hydroxylation is 1. The summed E-state index contributed by atoms with van der Waals surface area (Å²) in [7, 11) is -5.65. The summed E-state index contributed by atoms with van der Waals surface area (Å²) >= 11 is 3.27. The van der Waals surface area contributed by atoms with Gasteiger partial charge in [0, 0.05) is 30.9 Å². The highest BCUT2D eigenvalue weighted by Crippen LogP contribution is 2.29. The van der Waals surface area contributed by atoms with Crippen molar-refractivity contribution in [1.29, 1.82) is 0 Å². The van der Waals surface area contributed by atoms with Crippen molar-refractivity contribution in [3.63, 3.8) is 0 Å². The minimum atomic E-state index is -3.78. The quantitative estimate of drug-likeness (QED) is 0.766. The van der Waals surface area contributed by atoms with Gasteiger partial charge in [-0.3, -0.25) is 0 Å². The van der Waals surface area contributed by atoms with E-state index in [0.717, 1.165) is 16.1 Å². The number of halogens is 1. The van der Waals surface area contributed by atoms with Crippen molar-refractivity contribution in [2.75, 3.05) is 25.6 Å². The van der Waals surface area contributed by atoms with Crippen LogP contribution in [0, 0.1) is 6.92 Å². The van der Waals surface area contributed by atoms with E-state index in [-0.39, 0.29) is 23.7 Å². The third kappa shape index (κ3) is 4.75. The predicted molar refractivity (Wildman–Crippen MR) is 86.3 cm³/mol. The molecule has 0 saturated heterocycles. The van der Waals surface area contributed by atoms with Crippen LogP contribution in [-0.4, -0.2) is 46.7 Å². The number of hydrogen-bond acceptors (Lipinski definition) is 5. The van der Waals surface area contributed by atoms with E-state index in [0.29, 0.717) is 10.0 Å². The lowest BCUT2D eigenvalue weighted by molar-refractivity contribution is 0.484. The maximum absolute atomic E-state index is 12.6. The van der Waals surface area contributed by atoms with Gasteiger partial charge >= 0.3 is 0 Å². The summed E-state index contributed by atoms with van der Waals surface area (Å²) < 4.78 is 48.9. The fraction of sp³-hybridized carbons (Fsp3) is 0.500. The summed E-state index contributed by atoms with van der Waals surface area (Å²) in [5.74, 6) is -0.226. The van der Waals surface area contributed by atoms with Gasteiger partial charge in [-0.25, -0.2) is 16.8 Å².